The Labute approximate surface area is 168 Å². The first-order chi connectivity index (χ1) is 13.9. The fourth-order valence-electron chi connectivity index (χ4n) is 3.44. The number of non-ortho nitro benzene ring substituents is 1. The molecule has 0 bridgehead atoms. The maximum atomic E-state index is 12.3. The lowest BCUT2D eigenvalue weighted by Crippen LogP contribution is -2.37. The van der Waals surface area contributed by atoms with Crippen molar-refractivity contribution in [1.29, 1.82) is 0 Å². The lowest BCUT2D eigenvalue weighted by atomic mass is 9.89. The van der Waals surface area contributed by atoms with Gasteiger partial charge in [-0.2, -0.15) is 0 Å². The number of carbonyl (C=O) groups is 2. The quantitative estimate of drug-likeness (QED) is 0.457. The number of carbonyl (C=O) groups excluding carboxylic acids is 2. The molecule has 3 rings (SSSR count). The van der Waals surface area contributed by atoms with Crippen LogP contribution in [0, 0.1) is 10.1 Å². The number of nitrogens with one attached hydrogen (secondary N) is 2. The Morgan fingerprint density at radius 3 is 2.48 bits per heavy atom. The Hall–Kier alpha value is -3.42. The second kappa shape index (κ2) is 8.72. The zero-order valence-corrected chi connectivity index (χ0v) is 16.4. The van der Waals surface area contributed by atoms with Crippen molar-refractivity contribution in [2.45, 2.75) is 38.6 Å². The number of nitro benzene ring substituents is 1. The van der Waals surface area contributed by atoms with Crippen molar-refractivity contribution in [3.05, 3.63) is 63.2 Å². The van der Waals surface area contributed by atoms with Gasteiger partial charge in [0.05, 0.1) is 29.8 Å². The number of fused-ring (bicyclic) bond motifs is 1. The van der Waals surface area contributed by atoms with E-state index in [0.717, 1.165) is 24.8 Å². The Kier molecular flexibility index (Phi) is 6.11. The molecule has 1 unspecified atom stereocenters. The maximum absolute atomic E-state index is 12.3. The van der Waals surface area contributed by atoms with Crippen molar-refractivity contribution in [3.63, 3.8) is 0 Å². The number of nitrogens with zero attached hydrogens (tertiary/aromatic N) is 1. The molecule has 1 atom stereocenters. The highest BCUT2D eigenvalue weighted by atomic mass is 16.6. The van der Waals surface area contributed by atoms with Gasteiger partial charge >= 0.3 is 11.8 Å². The highest BCUT2D eigenvalue weighted by Gasteiger charge is 2.21. The van der Waals surface area contributed by atoms with Crippen molar-refractivity contribution in [2.75, 3.05) is 12.4 Å². The second-order valence-electron chi connectivity index (χ2n) is 7.03. The van der Waals surface area contributed by atoms with Crippen LogP contribution < -0.4 is 15.4 Å². The van der Waals surface area contributed by atoms with Crippen LogP contribution in [0.15, 0.2) is 36.4 Å². The third-order valence-electron chi connectivity index (χ3n) is 5.07. The molecule has 0 radical (unpaired) electrons. The minimum Gasteiger partial charge on any atom is -0.494 e. The number of ether oxygens (including phenoxy) is 1. The highest BCUT2D eigenvalue weighted by Crippen LogP contribution is 2.29. The van der Waals surface area contributed by atoms with Crippen molar-refractivity contribution in [3.8, 4) is 5.75 Å². The summed E-state index contributed by atoms with van der Waals surface area (Å²) in [6.45, 7) is 1.82. The Morgan fingerprint density at radius 1 is 1.07 bits per heavy atom. The van der Waals surface area contributed by atoms with Crippen LogP contribution in [0.4, 0.5) is 11.4 Å². The van der Waals surface area contributed by atoms with Crippen molar-refractivity contribution in [2.24, 2.45) is 0 Å². The summed E-state index contributed by atoms with van der Waals surface area (Å²) < 4.78 is 5.07. The molecule has 1 aliphatic rings. The molecule has 0 saturated heterocycles. The Bertz CT molecular complexity index is 957. The number of anilines is 1. The Balaban J connectivity index is 1.66. The summed E-state index contributed by atoms with van der Waals surface area (Å²) in [6, 6.07) is 9.57. The van der Waals surface area contributed by atoms with Crippen molar-refractivity contribution >= 4 is 23.2 Å². The fourth-order valence-corrected chi connectivity index (χ4v) is 3.44. The van der Waals surface area contributed by atoms with Gasteiger partial charge in [0.15, 0.2) is 0 Å². The number of hydrogen-bond donors (Lipinski definition) is 2. The molecule has 0 aliphatic heterocycles. The first-order valence-corrected chi connectivity index (χ1v) is 9.45. The van der Waals surface area contributed by atoms with E-state index in [0.29, 0.717) is 0 Å². The van der Waals surface area contributed by atoms with Crippen LogP contribution in [0.1, 0.15) is 42.5 Å². The molecule has 2 aromatic rings. The van der Waals surface area contributed by atoms with Gasteiger partial charge in [0, 0.05) is 6.07 Å². The molecular weight excluding hydrogens is 374 g/mol. The number of benzene rings is 2. The normalized spacial score (nSPS) is 13.7. The van der Waals surface area contributed by atoms with Crippen molar-refractivity contribution < 1.29 is 19.2 Å². The van der Waals surface area contributed by atoms with E-state index in [1.165, 1.54) is 42.9 Å². The van der Waals surface area contributed by atoms with Crippen LogP contribution >= 0.6 is 0 Å². The molecule has 2 aromatic carbocycles. The van der Waals surface area contributed by atoms with Gasteiger partial charge in [0.1, 0.15) is 5.75 Å². The molecule has 152 valence electrons. The molecule has 8 heteroatoms. The monoisotopic (exact) mass is 397 g/mol. The molecule has 0 spiro atoms. The summed E-state index contributed by atoms with van der Waals surface area (Å²) in [5, 5.41) is 16.0. The molecule has 0 aromatic heterocycles. The smallest absolute Gasteiger partial charge is 0.313 e. The second-order valence-corrected chi connectivity index (χ2v) is 7.03. The van der Waals surface area contributed by atoms with E-state index in [1.54, 1.807) is 0 Å². The summed E-state index contributed by atoms with van der Waals surface area (Å²) in [5.41, 5.74) is 3.60. The predicted molar refractivity (Wildman–Crippen MR) is 108 cm³/mol. The molecule has 29 heavy (non-hydrogen) atoms. The van der Waals surface area contributed by atoms with Crippen LogP contribution in [0.5, 0.6) is 5.75 Å². The van der Waals surface area contributed by atoms with Crippen LogP contribution in [-0.4, -0.2) is 23.8 Å². The summed E-state index contributed by atoms with van der Waals surface area (Å²) in [6.07, 6.45) is 4.47. The van der Waals surface area contributed by atoms with E-state index in [2.05, 4.69) is 22.8 Å². The van der Waals surface area contributed by atoms with Gasteiger partial charge in [0.25, 0.3) is 5.69 Å². The largest absolute Gasteiger partial charge is 0.494 e. The minimum absolute atomic E-state index is 0.100. The fraction of sp³-hybridized carbons (Fsp3) is 0.333. The SMILES string of the molecule is COc1cc([N+](=O)[O-])ccc1NC(=O)C(=O)NC(C)c1ccc2c(c1)CCCC2. The lowest BCUT2D eigenvalue weighted by Gasteiger charge is -2.20. The molecule has 0 saturated carbocycles. The third-order valence-corrected chi connectivity index (χ3v) is 5.07. The van der Waals surface area contributed by atoms with Gasteiger partial charge in [0.2, 0.25) is 0 Å². The number of aryl methyl sites for hydroxylation is 2. The van der Waals surface area contributed by atoms with E-state index in [1.807, 2.05) is 13.0 Å². The number of rotatable bonds is 5. The van der Waals surface area contributed by atoms with E-state index >= 15 is 0 Å². The van der Waals surface area contributed by atoms with E-state index < -0.39 is 16.7 Å². The summed E-state index contributed by atoms with van der Waals surface area (Å²) in [4.78, 5) is 34.9. The highest BCUT2D eigenvalue weighted by molar-refractivity contribution is 6.39. The molecular formula is C21H23N3O5. The predicted octanol–water partition coefficient (Wildman–Crippen LogP) is 3.30. The summed E-state index contributed by atoms with van der Waals surface area (Å²) in [7, 11) is 1.33. The zero-order valence-electron chi connectivity index (χ0n) is 16.4. The van der Waals surface area contributed by atoms with Crippen molar-refractivity contribution in [1.82, 2.24) is 5.32 Å². The van der Waals surface area contributed by atoms with Crippen LogP contribution in [0.2, 0.25) is 0 Å². The van der Waals surface area contributed by atoms with Gasteiger partial charge in [-0.3, -0.25) is 19.7 Å². The molecule has 2 N–H and O–H groups in total. The maximum Gasteiger partial charge on any atom is 0.313 e. The number of methoxy groups -OCH3 is 1. The molecule has 1 aliphatic carbocycles. The molecule has 0 fully saturated rings. The molecule has 2 amide bonds. The summed E-state index contributed by atoms with van der Waals surface area (Å²) >= 11 is 0. The van der Waals surface area contributed by atoms with Gasteiger partial charge in [-0.1, -0.05) is 18.2 Å². The van der Waals surface area contributed by atoms with Gasteiger partial charge in [-0.05, 0) is 55.4 Å². The number of hydrogen-bond acceptors (Lipinski definition) is 5. The van der Waals surface area contributed by atoms with Crippen LogP contribution in [0.25, 0.3) is 0 Å². The Morgan fingerprint density at radius 2 is 1.79 bits per heavy atom. The lowest BCUT2D eigenvalue weighted by molar-refractivity contribution is -0.384. The van der Waals surface area contributed by atoms with Gasteiger partial charge < -0.3 is 15.4 Å². The first-order valence-electron chi connectivity index (χ1n) is 9.45. The average Bonchev–Trinajstić information content (AvgIpc) is 2.73. The standard InChI is InChI=1S/C21H23N3O5/c1-13(15-8-7-14-5-3-4-6-16(14)11-15)22-20(25)21(26)23-18-10-9-17(24(27)28)12-19(18)29-2/h7-13H,3-6H2,1-2H3,(H,22,25)(H,23,26). The third kappa shape index (κ3) is 4.71. The van der Waals surface area contributed by atoms with E-state index in [-0.39, 0.29) is 23.2 Å². The minimum atomic E-state index is -0.873. The van der Waals surface area contributed by atoms with Crippen LogP contribution in [-0.2, 0) is 22.4 Å². The topological polar surface area (TPSA) is 111 Å². The number of amides is 2. The van der Waals surface area contributed by atoms with Gasteiger partial charge in [-0.15, -0.1) is 0 Å². The molecule has 8 nitrogen and oxygen atoms in total. The molecule has 0 heterocycles. The number of nitro groups is 1. The van der Waals surface area contributed by atoms with Gasteiger partial charge in [-0.25, -0.2) is 0 Å². The van der Waals surface area contributed by atoms with E-state index in [4.69, 9.17) is 4.74 Å². The average molecular weight is 397 g/mol. The zero-order chi connectivity index (χ0) is 21.0. The summed E-state index contributed by atoms with van der Waals surface area (Å²) in [5.74, 6) is -1.57. The van der Waals surface area contributed by atoms with E-state index in [9.17, 15) is 19.7 Å². The van der Waals surface area contributed by atoms with Crippen LogP contribution in [0.3, 0.4) is 0 Å². The first kappa shape index (κ1) is 20.3.